The van der Waals surface area contributed by atoms with E-state index in [2.05, 4.69) is 67.8 Å². The third kappa shape index (κ3) is 32.5. The monoisotopic (exact) mass is 680 g/mol. The SMILES string of the molecule is CC/C=C\C/C=C\C/C=C\C/C=C\CCCCCCC(=O)NC(COP(=O)([O-])OCC[N+](C)(C)C)C(O)/C=C/CCCCCCCC. The molecular weight excluding hydrogens is 611 g/mol. The Morgan fingerprint density at radius 3 is 1.89 bits per heavy atom. The molecule has 0 spiro atoms. The van der Waals surface area contributed by atoms with Crippen molar-refractivity contribution in [2.45, 2.75) is 135 Å². The van der Waals surface area contributed by atoms with Gasteiger partial charge in [-0.3, -0.25) is 9.36 Å². The molecule has 3 unspecified atom stereocenters. The van der Waals surface area contributed by atoms with Crippen molar-refractivity contribution in [1.29, 1.82) is 0 Å². The summed E-state index contributed by atoms with van der Waals surface area (Å²) in [6.45, 7) is 4.42. The molecule has 1 amide bonds. The molecule has 0 saturated carbocycles. The molecule has 0 saturated heterocycles. The van der Waals surface area contributed by atoms with Gasteiger partial charge in [0.05, 0.1) is 39.9 Å². The van der Waals surface area contributed by atoms with Gasteiger partial charge in [-0.15, -0.1) is 0 Å². The molecule has 272 valence electrons. The quantitative estimate of drug-likeness (QED) is 0.0329. The van der Waals surface area contributed by atoms with Crippen LogP contribution in [0, 0.1) is 0 Å². The average molecular weight is 681 g/mol. The molecule has 0 radical (unpaired) electrons. The fraction of sp³-hybridized carbons (Fsp3) is 0.711. The second-order valence-electron chi connectivity index (χ2n) is 13.2. The summed E-state index contributed by atoms with van der Waals surface area (Å²) in [5.74, 6) is -0.229. The van der Waals surface area contributed by atoms with Crippen molar-refractivity contribution in [1.82, 2.24) is 5.32 Å². The molecule has 2 N–H and O–H groups in total. The summed E-state index contributed by atoms with van der Waals surface area (Å²) in [4.78, 5) is 25.1. The van der Waals surface area contributed by atoms with Crippen molar-refractivity contribution in [2.24, 2.45) is 0 Å². The maximum absolute atomic E-state index is 12.7. The molecule has 9 heteroatoms. The number of aliphatic hydroxyl groups is 1. The van der Waals surface area contributed by atoms with Crippen molar-refractivity contribution < 1.29 is 32.9 Å². The van der Waals surface area contributed by atoms with Crippen LogP contribution in [0.25, 0.3) is 0 Å². The summed E-state index contributed by atoms with van der Waals surface area (Å²) in [5.41, 5.74) is 0. The second-order valence-corrected chi connectivity index (χ2v) is 14.6. The first-order chi connectivity index (χ1) is 22.5. The lowest BCUT2D eigenvalue weighted by Crippen LogP contribution is -2.45. The Kier molecular flexibility index (Phi) is 29.1. The van der Waals surface area contributed by atoms with Gasteiger partial charge in [0, 0.05) is 6.42 Å². The maximum atomic E-state index is 12.7. The number of hydrogen-bond donors (Lipinski definition) is 2. The summed E-state index contributed by atoms with van der Waals surface area (Å²) < 4.78 is 23.0. The minimum Gasteiger partial charge on any atom is -0.756 e. The number of hydrogen-bond acceptors (Lipinski definition) is 6. The van der Waals surface area contributed by atoms with E-state index in [9.17, 15) is 19.4 Å². The van der Waals surface area contributed by atoms with Gasteiger partial charge in [-0.05, 0) is 57.8 Å². The van der Waals surface area contributed by atoms with Crippen LogP contribution in [0.15, 0.2) is 60.8 Å². The van der Waals surface area contributed by atoms with Gasteiger partial charge in [0.1, 0.15) is 13.2 Å². The van der Waals surface area contributed by atoms with Crippen LogP contribution >= 0.6 is 7.82 Å². The van der Waals surface area contributed by atoms with E-state index < -0.39 is 26.6 Å². The zero-order chi connectivity index (χ0) is 35.1. The largest absolute Gasteiger partial charge is 0.756 e. The van der Waals surface area contributed by atoms with Crippen molar-refractivity contribution >= 4 is 13.7 Å². The van der Waals surface area contributed by atoms with Crippen LogP contribution in [0.1, 0.15) is 123 Å². The molecule has 0 aromatic carbocycles. The first-order valence-electron chi connectivity index (χ1n) is 18.2. The number of carbonyl (C=O) groups excluding carboxylic acids is 1. The van der Waals surface area contributed by atoms with E-state index in [0.29, 0.717) is 17.4 Å². The van der Waals surface area contributed by atoms with Gasteiger partial charge < -0.3 is 28.8 Å². The van der Waals surface area contributed by atoms with Crippen molar-refractivity contribution in [2.75, 3.05) is 40.9 Å². The standard InChI is InChI=1S/C38H69N2O6P/c1-6-8-10-12-14-16-17-18-19-20-21-22-23-24-26-28-30-32-38(42)39-36(35-46-47(43,44)45-34-33-40(3,4)5)37(41)31-29-27-25-15-13-11-9-7-2/h8,10,14,16,18-19,21-22,29,31,36-37,41H,6-7,9,11-13,15,17,20,23-28,30,32-35H2,1-5H3,(H-,39,42,43,44)/b10-8-,16-14-,19-18-,22-21-,31-29+. The van der Waals surface area contributed by atoms with Crippen molar-refractivity contribution in [3.63, 3.8) is 0 Å². The first-order valence-corrected chi connectivity index (χ1v) is 19.6. The molecule has 3 atom stereocenters. The minimum atomic E-state index is -4.58. The fourth-order valence-corrected chi connectivity index (χ4v) is 5.27. The third-order valence-corrected chi connectivity index (χ3v) is 8.45. The highest BCUT2D eigenvalue weighted by atomic mass is 31.2. The van der Waals surface area contributed by atoms with E-state index in [1.165, 1.54) is 25.7 Å². The number of aliphatic hydroxyl groups excluding tert-OH is 1. The summed E-state index contributed by atoms with van der Waals surface area (Å²) in [7, 11) is 1.23. The van der Waals surface area contributed by atoms with Crippen molar-refractivity contribution in [3.8, 4) is 0 Å². The van der Waals surface area contributed by atoms with Gasteiger partial charge in [-0.25, -0.2) is 0 Å². The molecule has 8 nitrogen and oxygen atoms in total. The molecule has 0 fully saturated rings. The predicted octanol–water partition coefficient (Wildman–Crippen LogP) is 8.49. The van der Waals surface area contributed by atoms with Crippen molar-refractivity contribution in [3.05, 3.63) is 60.8 Å². The number of amides is 1. The van der Waals surface area contributed by atoms with Gasteiger partial charge >= 0.3 is 0 Å². The molecule has 0 aromatic rings. The third-order valence-electron chi connectivity index (χ3n) is 7.48. The lowest BCUT2D eigenvalue weighted by molar-refractivity contribution is -0.870. The number of carbonyl (C=O) groups is 1. The zero-order valence-corrected chi connectivity index (χ0v) is 31.3. The molecule has 0 aliphatic heterocycles. The lowest BCUT2D eigenvalue weighted by atomic mass is 10.1. The van der Waals surface area contributed by atoms with Gasteiger partial charge in [-0.1, -0.05) is 120 Å². The van der Waals surface area contributed by atoms with Crippen LogP contribution in [0.2, 0.25) is 0 Å². The van der Waals surface area contributed by atoms with E-state index in [-0.39, 0.29) is 12.5 Å². The Hall–Kier alpha value is -1.80. The number of likely N-dealkylation sites (N-methyl/N-ethyl adjacent to an activating group) is 1. The second kappa shape index (κ2) is 30.3. The van der Waals surface area contributed by atoms with Crippen LogP contribution in [0.3, 0.4) is 0 Å². The molecule has 0 aromatic heterocycles. The number of nitrogens with zero attached hydrogens (tertiary/aromatic N) is 1. The molecule has 0 aliphatic rings. The predicted molar refractivity (Wildman–Crippen MR) is 196 cm³/mol. The molecule has 0 heterocycles. The Morgan fingerprint density at radius 1 is 0.766 bits per heavy atom. The molecular formula is C38H69N2O6P. The van der Waals surface area contributed by atoms with Gasteiger partial charge in [-0.2, -0.15) is 0 Å². The Bertz CT molecular complexity index is 954. The molecule has 0 rings (SSSR count). The Balaban J connectivity index is 4.53. The Labute approximate surface area is 288 Å². The van der Waals surface area contributed by atoms with Gasteiger partial charge in [0.25, 0.3) is 7.82 Å². The van der Waals surface area contributed by atoms with E-state index in [0.717, 1.165) is 77.0 Å². The van der Waals surface area contributed by atoms with E-state index in [1.807, 2.05) is 27.2 Å². The smallest absolute Gasteiger partial charge is 0.268 e. The van der Waals surface area contributed by atoms with Gasteiger partial charge in [0.15, 0.2) is 0 Å². The lowest BCUT2D eigenvalue weighted by Gasteiger charge is -2.29. The van der Waals surface area contributed by atoms with E-state index >= 15 is 0 Å². The average Bonchev–Trinajstić information content (AvgIpc) is 3.01. The zero-order valence-electron chi connectivity index (χ0n) is 30.5. The minimum absolute atomic E-state index is 0.00962. The summed E-state index contributed by atoms with van der Waals surface area (Å²) >= 11 is 0. The number of nitrogens with one attached hydrogen (secondary N) is 1. The normalized spacial score (nSPS) is 15.5. The number of quaternary nitrogens is 1. The molecule has 47 heavy (non-hydrogen) atoms. The number of unbranched alkanes of at least 4 members (excludes halogenated alkanes) is 10. The highest BCUT2D eigenvalue weighted by Crippen LogP contribution is 2.38. The summed E-state index contributed by atoms with van der Waals surface area (Å²) in [6.07, 6.45) is 37.0. The van der Waals surface area contributed by atoms with E-state index in [4.69, 9.17) is 9.05 Å². The summed E-state index contributed by atoms with van der Waals surface area (Å²) in [5, 5.41) is 13.6. The van der Waals surface area contributed by atoms with Crippen LogP contribution in [0.4, 0.5) is 0 Å². The highest BCUT2D eigenvalue weighted by molar-refractivity contribution is 7.45. The number of phosphoric ester groups is 1. The topological polar surface area (TPSA) is 108 Å². The Morgan fingerprint density at radius 2 is 1.30 bits per heavy atom. The van der Waals surface area contributed by atoms with Crippen LogP contribution in [-0.4, -0.2) is 68.5 Å². The highest BCUT2D eigenvalue weighted by Gasteiger charge is 2.23. The van der Waals surface area contributed by atoms with Crippen LogP contribution in [0.5, 0.6) is 0 Å². The number of phosphoric acid groups is 1. The maximum Gasteiger partial charge on any atom is 0.268 e. The summed E-state index contributed by atoms with van der Waals surface area (Å²) in [6, 6.07) is -0.897. The van der Waals surface area contributed by atoms with Gasteiger partial charge in [0.2, 0.25) is 5.91 Å². The number of allylic oxidation sites excluding steroid dienone is 9. The van der Waals surface area contributed by atoms with Crippen LogP contribution < -0.4 is 10.2 Å². The fourth-order valence-electron chi connectivity index (χ4n) is 4.55. The molecule has 0 bridgehead atoms. The van der Waals surface area contributed by atoms with Crippen LogP contribution in [-0.2, 0) is 18.4 Å². The van der Waals surface area contributed by atoms with E-state index in [1.54, 1.807) is 6.08 Å². The first kappa shape index (κ1) is 45.2. The molecule has 0 aliphatic carbocycles. The number of rotatable bonds is 31.